The Morgan fingerprint density at radius 1 is 1.17 bits per heavy atom. The van der Waals surface area contributed by atoms with Crippen molar-refractivity contribution in [3.8, 4) is 0 Å². The smallest absolute Gasteiger partial charge is 0.322 e. The average Bonchev–Trinajstić information content (AvgIpc) is 2.56. The van der Waals surface area contributed by atoms with Gasteiger partial charge in [0.15, 0.2) is 0 Å². The summed E-state index contributed by atoms with van der Waals surface area (Å²) in [6.07, 6.45) is -0.255. The van der Waals surface area contributed by atoms with Gasteiger partial charge in [0, 0.05) is 27.8 Å². The van der Waals surface area contributed by atoms with Gasteiger partial charge in [-0.05, 0) is 24.3 Å². The second kappa shape index (κ2) is 7.21. The molecule has 1 aliphatic heterocycles. The predicted molar refractivity (Wildman–Crippen MR) is 92.2 cm³/mol. The van der Waals surface area contributed by atoms with E-state index in [0.717, 1.165) is 11.3 Å². The van der Waals surface area contributed by atoms with Crippen molar-refractivity contribution >= 4 is 34.9 Å². The molecule has 1 fully saturated rings. The predicted octanol–water partition coefficient (Wildman–Crippen LogP) is 4.60. The first-order valence-electron chi connectivity index (χ1n) is 7.31. The van der Waals surface area contributed by atoms with Gasteiger partial charge in [-0.1, -0.05) is 47.5 Å². The number of para-hydroxylation sites is 1. The van der Waals surface area contributed by atoms with Crippen molar-refractivity contribution in [3.05, 3.63) is 64.1 Å². The number of carbonyl (C=O) groups is 1. The number of hydrogen-bond acceptors (Lipinski definition) is 2. The maximum Gasteiger partial charge on any atom is 0.322 e. The summed E-state index contributed by atoms with van der Waals surface area (Å²) >= 11 is 12.2. The molecule has 0 aliphatic carbocycles. The van der Waals surface area contributed by atoms with Crippen LogP contribution in [0.15, 0.2) is 48.5 Å². The molecule has 1 aliphatic rings. The van der Waals surface area contributed by atoms with E-state index in [1.54, 1.807) is 17.0 Å². The van der Waals surface area contributed by atoms with Crippen molar-refractivity contribution in [2.75, 3.05) is 25.0 Å². The molecule has 0 radical (unpaired) electrons. The summed E-state index contributed by atoms with van der Waals surface area (Å²) in [5.74, 6) is 0. The van der Waals surface area contributed by atoms with E-state index in [0.29, 0.717) is 29.7 Å². The molecular formula is C17H16Cl2N2O2. The highest BCUT2D eigenvalue weighted by Gasteiger charge is 2.26. The maximum absolute atomic E-state index is 12.4. The van der Waals surface area contributed by atoms with E-state index >= 15 is 0 Å². The van der Waals surface area contributed by atoms with Crippen LogP contribution >= 0.6 is 23.2 Å². The van der Waals surface area contributed by atoms with Crippen molar-refractivity contribution < 1.29 is 9.53 Å². The Kier molecular flexibility index (Phi) is 5.06. The molecule has 2 aromatic carbocycles. The van der Waals surface area contributed by atoms with Crippen molar-refractivity contribution in [2.45, 2.75) is 6.10 Å². The zero-order valence-electron chi connectivity index (χ0n) is 12.3. The van der Waals surface area contributed by atoms with Crippen LogP contribution in [0.4, 0.5) is 10.5 Å². The molecule has 1 atom stereocenters. The van der Waals surface area contributed by atoms with Crippen molar-refractivity contribution in [1.29, 1.82) is 0 Å². The van der Waals surface area contributed by atoms with Crippen LogP contribution < -0.4 is 5.32 Å². The molecule has 1 saturated heterocycles. The van der Waals surface area contributed by atoms with Crippen molar-refractivity contribution in [3.63, 3.8) is 0 Å². The van der Waals surface area contributed by atoms with E-state index in [1.807, 2.05) is 36.4 Å². The van der Waals surface area contributed by atoms with E-state index in [2.05, 4.69) is 5.32 Å². The zero-order chi connectivity index (χ0) is 16.2. The SMILES string of the molecule is O=C(Nc1ccccc1)N1CCOC(c2ccc(Cl)cc2Cl)C1. The Bertz CT molecular complexity index is 694. The highest BCUT2D eigenvalue weighted by Crippen LogP contribution is 2.30. The Labute approximate surface area is 144 Å². The Morgan fingerprint density at radius 2 is 1.96 bits per heavy atom. The Hall–Kier alpha value is -1.75. The number of ether oxygens (including phenoxy) is 1. The molecule has 120 valence electrons. The van der Waals surface area contributed by atoms with Crippen LogP contribution in [0.1, 0.15) is 11.7 Å². The molecular weight excluding hydrogens is 335 g/mol. The number of anilines is 1. The fourth-order valence-electron chi connectivity index (χ4n) is 2.51. The van der Waals surface area contributed by atoms with Crippen molar-refractivity contribution in [1.82, 2.24) is 4.90 Å². The third-order valence-corrected chi connectivity index (χ3v) is 4.25. The number of amides is 2. The van der Waals surface area contributed by atoms with Gasteiger partial charge >= 0.3 is 6.03 Å². The monoisotopic (exact) mass is 350 g/mol. The molecule has 0 saturated carbocycles. The number of urea groups is 1. The first-order chi connectivity index (χ1) is 11.1. The minimum absolute atomic E-state index is 0.144. The second-order valence-corrected chi connectivity index (χ2v) is 6.11. The van der Waals surface area contributed by atoms with E-state index in [4.69, 9.17) is 27.9 Å². The van der Waals surface area contributed by atoms with Gasteiger partial charge in [-0.15, -0.1) is 0 Å². The number of halogens is 2. The zero-order valence-corrected chi connectivity index (χ0v) is 13.8. The molecule has 2 amide bonds. The molecule has 1 heterocycles. The van der Waals surface area contributed by atoms with Gasteiger partial charge in [0.05, 0.1) is 13.2 Å². The summed E-state index contributed by atoms with van der Waals surface area (Å²) in [5.41, 5.74) is 1.61. The fourth-order valence-corrected chi connectivity index (χ4v) is 3.04. The van der Waals surface area contributed by atoms with Crippen LogP contribution in [-0.2, 0) is 4.74 Å². The van der Waals surface area contributed by atoms with Crippen LogP contribution in [0.3, 0.4) is 0 Å². The first kappa shape index (κ1) is 16.1. The molecule has 3 rings (SSSR count). The van der Waals surface area contributed by atoms with Gasteiger partial charge in [-0.2, -0.15) is 0 Å². The Morgan fingerprint density at radius 3 is 2.70 bits per heavy atom. The standard InChI is InChI=1S/C17H16Cl2N2O2/c18-12-6-7-14(15(19)10-12)16-11-21(8-9-23-16)17(22)20-13-4-2-1-3-5-13/h1-7,10,16H,8-9,11H2,(H,20,22). The molecule has 1 unspecified atom stereocenters. The number of carbonyl (C=O) groups excluding carboxylic acids is 1. The summed E-state index contributed by atoms with van der Waals surface area (Å²) in [5, 5.41) is 4.01. The molecule has 0 spiro atoms. The number of morpholine rings is 1. The van der Waals surface area contributed by atoms with Crippen LogP contribution in [0.2, 0.25) is 10.0 Å². The lowest BCUT2D eigenvalue weighted by atomic mass is 10.1. The summed E-state index contributed by atoms with van der Waals surface area (Å²) in [4.78, 5) is 14.1. The van der Waals surface area contributed by atoms with Crippen LogP contribution in [-0.4, -0.2) is 30.6 Å². The highest BCUT2D eigenvalue weighted by molar-refractivity contribution is 6.35. The van der Waals surface area contributed by atoms with Crippen LogP contribution in [0.25, 0.3) is 0 Å². The lowest BCUT2D eigenvalue weighted by Gasteiger charge is -2.33. The van der Waals surface area contributed by atoms with Gasteiger partial charge in [-0.25, -0.2) is 4.79 Å². The first-order valence-corrected chi connectivity index (χ1v) is 8.06. The highest BCUT2D eigenvalue weighted by atomic mass is 35.5. The average molecular weight is 351 g/mol. The molecule has 0 bridgehead atoms. The fraction of sp³-hybridized carbons (Fsp3) is 0.235. The van der Waals surface area contributed by atoms with Gasteiger partial charge in [0.1, 0.15) is 6.10 Å². The van der Waals surface area contributed by atoms with Crippen LogP contribution in [0.5, 0.6) is 0 Å². The lowest BCUT2D eigenvalue weighted by Crippen LogP contribution is -2.44. The normalized spacial score (nSPS) is 17.8. The topological polar surface area (TPSA) is 41.6 Å². The van der Waals surface area contributed by atoms with E-state index < -0.39 is 0 Å². The largest absolute Gasteiger partial charge is 0.370 e. The van der Waals surface area contributed by atoms with Gasteiger partial charge in [0.25, 0.3) is 0 Å². The minimum atomic E-state index is -0.255. The Balaban J connectivity index is 1.69. The third-order valence-electron chi connectivity index (χ3n) is 3.69. The van der Waals surface area contributed by atoms with Crippen LogP contribution in [0, 0.1) is 0 Å². The van der Waals surface area contributed by atoms with E-state index in [9.17, 15) is 4.79 Å². The molecule has 4 nitrogen and oxygen atoms in total. The quantitative estimate of drug-likeness (QED) is 0.859. The van der Waals surface area contributed by atoms with Gasteiger partial charge < -0.3 is 15.0 Å². The number of nitrogens with one attached hydrogen (secondary N) is 1. The molecule has 6 heteroatoms. The maximum atomic E-state index is 12.4. The van der Waals surface area contributed by atoms with Crippen molar-refractivity contribution in [2.24, 2.45) is 0 Å². The summed E-state index contributed by atoms with van der Waals surface area (Å²) < 4.78 is 5.77. The number of hydrogen-bond donors (Lipinski definition) is 1. The number of rotatable bonds is 2. The van der Waals surface area contributed by atoms with Gasteiger partial charge in [-0.3, -0.25) is 0 Å². The molecule has 23 heavy (non-hydrogen) atoms. The van der Waals surface area contributed by atoms with E-state index in [-0.39, 0.29) is 12.1 Å². The summed E-state index contributed by atoms with van der Waals surface area (Å²) in [6.45, 7) is 1.45. The molecule has 2 aromatic rings. The molecule has 0 aromatic heterocycles. The molecule has 1 N–H and O–H groups in total. The summed E-state index contributed by atoms with van der Waals surface area (Å²) in [7, 11) is 0. The van der Waals surface area contributed by atoms with E-state index in [1.165, 1.54) is 0 Å². The minimum Gasteiger partial charge on any atom is -0.370 e. The summed E-state index contributed by atoms with van der Waals surface area (Å²) in [6, 6.07) is 14.5. The lowest BCUT2D eigenvalue weighted by molar-refractivity contribution is -0.0134. The second-order valence-electron chi connectivity index (χ2n) is 5.27. The third kappa shape index (κ3) is 3.96. The number of nitrogens with zero attached hydrogens (tertiary/aromatic N) is 1. The number of benzene rings is 2. The van der Waals surface area contributed by atoms with Gasteiger partial charge in [0.2, 0.25) is 0 Å².